The molecule has 19 heavy (non-hydrogen) atoms. The fourth-order valence-corrected chi connectivity index (χ4v) is 4.58. The van der Waals surface area contributed by atoms with E-state index in [4.69, 9.17) is 4.42 Å². The number of furan rings is 1. The van der Waals surface area contributed by atoms with Crippen molar-refractivity contribution in [3.8, 4) is 0 Å². The van der Waals surface area contributed by atoms with E-state index in [0.717, 1.165) is 19.3 Å². The molecule has 3 unspecified atom stereocenters. The van der Waals surface area contributed by atoms with Gasteiger partial charge in [0.2, 0.25) is 0 Å². The Morgan fingerprint density at radius 2 is 2.11 bits per heavy atom. The molecule has 3 rings (SSSR count). The first kappa shape index (κ1) is 12.7. The van der Waals surface area contributed by atoms with Crippen LogP contribution in [0.15, 0.2) is 16.7 Å². The Morgan fingerprint density at radius 1 is 1.42 bits per heavy atom. The fraction of sp³-hybridized carbons (Fsp3) is 0.667. The number of rotatable bonds is 2. The predicted octanol–water partition coefficient (Wildman–Crippen LogP) is 3.01. The minimum atomic E-state index is -1.21. The van der Waals surface area contributed by atoms with E-state index in [1.54, 1.807) is 0 Å². The second-order valence-corrected chi connectivity index (χ2v) is 6.90. The molecule has 1 aromatic heterocycles. The molecular weight excluding hydrogens is 244 g/mol. The van der Waals surface area contributed by atoms with Crippen LogP contribution in [0.3, 0.4) is 0 Å². The van der Waals surface area contributed by atoms with Crippen molar-refractivity contribution in [2.24, 2.45) is 16.7 Å². The maximum Gasteiger partial charge on any atom is 0.339 e. The summed E-state index contributed by atoms with van der Waals surface area (Å²) >= 11 is 0. The Balaban J connectivity index is 2.22. The summed E-state index contributed by atoms with van der Waals surface area (Å²) in [5.41, 5.74) is -1.80. The molecule has 0 aliphatic heterocycles. The minimum absolute atomic E-state index is 0.0874. The molecule has 2 fully saturated rings. The summed E-state index contributed by atoms with van der Waals surface area (Å²) in [7, 11) is 0. The van der Waals surface area contributed by atoms with Gasteiger partial charge in [0, 0.05) is 10.8 Å². The lowest BCUT2D eigenvalue weighted by Crippen LogP contribution is -2.51. The van der Waals surface area contributed by atoms with E-state index in [1.165, 1.54) is 12.3 Å². The lowest BCUT2D eigenvalue weighted by Gasteiger charge is -2.49. The van der Waals surface area contributed by atoms with Crippen LogP contribution in [0.1, 0.15) is 56.2 Å². The van der Waals surface area contributed by atoms with E-state index in [-0.39, 0.29) is 22.2 Å². The molecule has 0 aromatic carbocycles. The molecule has 0 spiro atoms. The number of carboxylic acids is 1. The fourth-order valence-electron chi connectivity index (χ4n) is 4.58. The second kappa shape index (κ2) is 3.42. The molecule has 0 radical (unpaired) electrons. The van der Waals surface area contributed by atoms with E-state index >= 15 is 0 Å². The molecule has 1 heterocycles. The summed E-state index contributed by atoms with van der Waals surface area (Å²) < 4.78 is 5.44. The van der Waals surface area contributed by atoms with Crippen molar-refractivity contribution in [2.45, 2.75) is 45.6 Å². The molecule has 2 saturated carbocycles. The average Bonchev–Trinajstić information content (AvgIpc) is 2.96. The summed E-state index contributed by atoms with van der Waals surface area (Å²) in [6, 6.07) is 1.43. The number of aromatic carboxylic acids is 1. The van der Waals surface area contributed by atoms with Gasteiger partial charge in [-0.05, 0) is 31.2 Å². The quantitative estimate of drug-likeness (QED) is 0.861. The number of fused-ring (bicyclic) bond motifs is 2. The maximum atomic E-state index is 11.4. The zero-order valence-corrected chi connectivity index (χ0v) is 11.6. The molecule has 2 N–H and O–H groups in total. The lowest BCUT2D eigenvalue weighted by atomic mass is 9.59. The summed E-state index contributed by atoms with van der Waals surface area (Å²) in [6.07, 6.45) is 4.30. The van der Waals surface area contributed by atoms with Crippen LogP contribution < -0.4 is 0 Å². The Kier molecular flexibility index (Phi) is 2.29. The van der Waals surface area contributed by atoms with Crippen molar-refractivity contribution in [3.05, 3.63) is 23.7 Å². The summed E-state index contributed by atoms with van der Waals surface area (Å²) in [6.45, 7) is 6.10. The first-order chi connectivity index (χ1) is 8.74. The van der Waals surface area contributed by atoms with Crippen LogP contribution in [0.2, 0.25) is 0 Å². The number of carboxylic acid groups (broad SMARTS) is 1. The smallest absolute Gasteiger partial charge is 0.339 e. The first-order valence-corrected chi connectivity index (χ1v) is 6.78. The van der Waals surface area contributed by atoms with Crippen molar-refractivity contribution < 1.29 is 19.4 Å². The highest BCUT2D eigenvalue weighted by molar-refractivity contribution is 5.89. The van der Waals surface area contributed by atoms with E-state index in [1.807, 2.05) is 13.8 Å². The topological polar surface area (TPSA) is 70.7 Å². The van der Waals surface area contributed by atoms with Crippen molar-refractivity contribution in [2.75, 3.05) is 0 Å². The van der Waals surface area contributed by atoms with Gasteiger partial charge in [-0.2, -0.15) is 0 Å². The van der Waals surface area contributed by atoms with Gasteiger partial charge in [0.1, 0.15) is 11.2 Å². The Morgan fingerprint density at radius 3 is 2.63 bits per heavy atom. The Labute approximate surface area is 112 Å². The van der Waals surface area contributed by atoms with Crippen LogP contribution in [0.25, 0.3) is 0 Å². The largest absolute Gasteiger partial charge is 0.478 e. The predicted molar refractivity (Wildman–Crippen MR) is 68.8 cm³/mol. The van der Waals surface area contributed by atoms with Gasteiger partial charge in [-0.15, -0.1) is 0 Å². The number of hydrogen-bond donors (Lipinski definition) is 2. The summed E-state index contributed by atoms with van der Waals surface area (Å²) in [5, 5.41) is 20.7. The molecule has 1 aromatic rings. The Bertz CT molecular complexity index is 537. The van der Waals surface area contributed by atoms with Crippen molar-refractivity contribution in [1.82, 2.24) is 0 Å². The standard InChI is InChI=1S/C15H20O4/c1-13(2)9-4-6-14(3,8-9)15(13,18)11-10(12(16)17)5-7-19-11/h5,7,9,18H,4,6,8H2,1-3H3,(H,16,17). The first-order valence-electron chi connectivity index (χ1n) is 6.78. The Hall–Kier alpha value is -1.29. The van der Waals surface area contributed by atoms with E-state index in [9.17, 15) is 15.0 Å². The van der Waals surface area contributed by atoms with Gasteiger partial charge in [0.05, 0.1) is 6.26 Å². The van der Waals surface area contributed by atoms with Crippen LogP contribution in [0, 0.1) is 16.7 Å². The molecule has 0 saturated heterocycles. The molecule has 2 aliphatic rings. The third-order valence-electron chi connectivity index (χ3n) is 5.79. The third-order valence-corrected chi connectivity index (χ3v) is 5.79. The lowest BCUT2D eigenvalue weighted by molar-refractivity contribution is -0.163. The van der Waals surface area contributed by atoms with Gasteiger partial charge < -0.3 is 14.6 Å². The van der Waals surface area contributed by atoms with Gasteiger partial charge in [-0.1, -0.05) is 20.8 Å². The van der Waals surface area contributed by atoms with Crippen molar-refractivity contribution in [1.29, 1.82) is 0 Å². The molecule has 3 atom stereocenters. The molecule has 104 valence electrons. The van der Waals surface area contributed by atoms with E-state index < -0.39 is 11.6 Å². The van der Waals surface area contributed by atoms with Gasteiger partial charge >= 0.3 is 5.97 Å². The average molecular weight is 264 g/mol. The molecular formula is C15H20O4. The highest BCUT2D eigenvalue weighted by Gasteiger charge is 2.71. The number of aliphatic hydroxyl groups is 1. The van der Waals surface area contributed by atoms with E-state index in [0.29, 0.717) is 5.92 Å². The molecule has 0 amide bonds. The van der Waals surface area contributed by atoms with Gasteiger partial charge in [-0.25, -0.2) is 4.79 Å². The summed E-state index contributed by atoms with van der Waals surface area (Å²) in [5.74, 6) is -0.400. The summed E-state index contributed by atoms with van der Waals surface area (Å²) in [4.78, 5) is 11.3. The molecule has 4 nitrogen and oxygen atoms in total. The van der Waals surface area contributed by atoms with Crippen LogP contribution in [-0.4, -0.2) is 16.2 Å². The third kappa shape index (κ3) is 1.25. The monoisotopic (exact) mass is 264 g/mol. The number of hydrogen-bond acceptors (Lipinski definition) is 3. The van der Waals surface area contributed by atoms with Gasteiger partial charge in [0.15, 0.2) is 5.76 Å². The zero-order chi connectivity index (χ0) is 14.1. The minimum Gasteiger partial charge on any atom is -0.478 e. The van der Waals surface area contributed by atoms with Crippen molar-refractivity contribution in [3.63, 3.8) is 0 Å². The van der Waals surface area contributed by atoms with Crippen LogP contribution in [0.4, 0.5) is 0 Å². The SMILES string of the molecule is CC12CCC(C1)C(C)(C)C2(O)c1occc1C(=O)O. The highest BCUT2D eigenvalue weighted by atomic mass is 16.4. The highest BCUT2D eigenvalue weighted by Crippen LogP contribution is 2.72. The molecule has 2 aliphatic carbocycles. The maximum absolute atomic E-state index is 11.4. The van der Waals surface area contributed by atoms with Crippen LogP contribution >= 0.6 is 0 Å². The van der Waals surface area contributed by atoms with Crippen LogP contribution in [-0.2, 0) is 5.60 Å². The molecule has 4 heteroatoms. The molecule has 2 bridgehead atoms. The second-order valence-electron chi connectivity index (χ2n) is 6.90. The van der Waals surface area contributed by atoms with Crippen LogP contribution in [0.5, 0.6) is 0 Å². The number of carbonyl (C=O) groups is 1. The van der Waals surface area contributed by atoms with Crippen molar-refractivity contribution >= 4 is 5.97 Å². The van der Waals surface area contributed by atoms with Gasteiger partial charge in [-0.3, -0.25) is 0 Å². The normalized spacial score (nSPS) is 39.7. The van der Waals surface area contributed by atoms with Gasteiger partial charge in [0.25, 0.3) is 0 Å². The zero-order valence-electron chi connectivity index (χ0n) is 11.6. The van der Waals surface area contributed by atoms with E-state index in [2.05, 4.69) is 6.92 Å².